The van der Waals surface area contributed by atoms with Crippen LogP contribution in [0.3, 0.4) is 0 Å². The minimum Gasteiger partial charge on any atom is -0.409 e. The second kappa shape index (κ2) is 6.37. The highest BCUT2D eigenvalue weighted by atomic mass is 16.4. The second-order valence-electron chi connectivity index (χ2n) is 3.45. The van der Waals surface area contributed by atoms with Crippen LogP contribution in [0.2, 0.25) is 0 Å². The molecular formula is C11H16N4O2. The van der Waals surface area contributed by atoms with E-state index in [2.05, 4.69) is 15.8 Å². The van der Waals surface area contributed by atoms with Crippen molar-refractivity contribution >= 4 is 17.6 Å². The molecule has 17 heavy (non-hydrogen) atoms. The fourth-order valence-electron chi connectivity index (χ4n) is 1.23. The lowest BCUT2D eigenvalue weighted by atomic mass is 10.2. The van der Waals surface area contributed by atoms with E-state index in [-0.39, 0.29) is 11.9 Å². The van der Waals surface area contributed by atoms with Crippen LogP contribution < -0.4 is 16.4 Å². The molecule has 0 saturated heterocycles. The van der Waals surface area contributed by atoms with Crippen molar-refractivity contribution in [2.24, 2.45) is 10.9 Å². The van der Waals surface area contributed by atoms with Crippen molar-refractivity contribution < 1.29 is 10.0 Å². The van der Waals surface area contributed by atoms with Crippen molar-refractivity contribution in [3.63, 3.8) is 0 Å². The van der Waals surface area contributed by atoms with Crippen molar-refractivity contribution in [3.05, 3.63) is 29.8 Å². The SMILES string of the molecule is CCCNC(=O)Nc1cccc(/C(N)=N/O)c1. The zero-order valence-electron chi connectivity index (χ0n) is 9.60. The third-order valence-electron chi connectivity index (χ3n) is 2.06. The first-order chi connectivity index (χ1) is 8.17. The Morgan fingerprint density at radius 3 is 2.94 bits per heavy atom. The number of rotatable bonds is 4. The minimum absolute atomic E-state index is 0.00242. The van der Waals surface area contributed by atoms with Crippen LogP contribution in [0.5, 0.6) is 0 Å². The van der Waals surface area contributed by atoms with E-state index in [9.17, 15) is 4.79 Å². The van der Waals surface area contributed by atoms with Crippen molar-refractivity contribution in [2.45, 2.75) is 13.3 Å². The van der Waals surface area contributed by atoms with Crippen LogP contribution in [0.4, 0.5) is 10.5 Å². The van der Waals surface area contributed by atoms with E-state index >= 15 is 0 Å². The van der Waals surface area contributed by atoms with Gasteiger partial charge >= 0.3 is 6.03 Å². The summed E-state index contributed by atoms with van der Waals surface area (Å²) in [5.41, 5.74) is 6.57. The summed E-state index contributed by atoms with van der Waals surface area (Å²) in [6, 6.07) is 6.47. The number of amidine groups is 1. The predicted molar refractivity (Wildman–Crippen MR) is 66.3 cm³/mol. The summed E-state index contributed by atoms with van der Waals surface area (Å²) >= 11 is 0. The summed E-state index contributed by atoms with van der Waals surface area (Å²) in [7, 11) is 0. The molecule has 6 heteroatoms. The van der Waals surface area contributed by atoms with Gasteiger partial charge < -0.3 is 21.6 Å². The minimum atomic E-state index is -0.275. The summed E-state index contributed by atoms with van der Waals surface area (Å²) in [6.07, 6.45) is 0.873. The summed E-state index contributed by atoms with van der Waals surface area (Å²) in [5.74, 6) is 0.00242. The van der Waals surface area contributed by atoms with Crippen molar-refractivity contribution in [1.82, 2.24) is 5.32 Å². The molecule has 2 amide bonds. The maximum Gasteiger partial charge on any atom is 0.319 e. The maximum atomic E-state index is 11.4. The molecule has 0 aliphatic carbocycles. The average molecular weight is 236 g/mol. The van der Waals surface area contributed by atoms with Crippen LogP contribution in [-0.4, -0.2) is 23.6 Å². The van der Waals surface area contributed by atoms with Gasteiger partial charge in [-0.1, -0.05) is 24.2 Å². The van der Waals surface area contributed by atoms with Gasteiger partial charge in [-0.25, -0.2) is 4.79 Å². The van der Waals surface area contributed by atoms with Gasteiger partial charge in [0.1, 0.15) is 0 Å². The van der Waals surface area contributed by atoms with Crippen molar-refractivity contribution in [2.75, 3.05) is 11.9 Å². The molecule has 0 fully saturated rings. The number of nitrogens with two attached hydrogens (primary N) is 1. The maximum absolute atomic E-state index is 11.4. The van der Waals surface area contributed by atoms with E-state index in [1.54, 1.807) is 24.3 Å². The quantitative estimate of drug-likeness (QED) is 0.274. The topological polar surface area (TPSA) is 99.7 Å². The monoisotopic (exact) mass is 236 g/mol. The third-order valence-corrected chi connectivity index (χ3v) is 2.06. The normalized spacial score (nSPS) is 11.0. The van der Waals surface area contributed by atoms with Gasteiger partial charge in [0.15, 0.2) is 5.84 Å². The lowest BCUT2D eigenvalue weighted by Gasteiger charge is -2.07. The first-order valence-electron chi connectivity index (χ1n) is 5.30. The highest BCUT2D eigenvalue weighted by Gasteiger charge is 2.03. The molecule has 0 radical (unpaired) electrons. The molecule has 1 aromatic carbocycles. The van der Waals surface area contributed by atoms with Crippen LogP contribution in [0, 0.1) is 0 Å². The van der Waals surface area contributed by atoms with E-state index in [1.165, 1.54) is 0 Å². The molecular weight excluding hydrogens is 220 g/mol. The summed E-state index contributed by atoms with van der Waals surface area (Å²) in [6.45, 7) is 2.59. The number of hydrogen-bond donors (Lipinski definition) is 4. The molecule has 92 valence electrons. The Hall–Kier alpha value is -2.24. The third kappa shape index (κ3) is 4.02. The van der Waals surface area contributed by atoms with Gasteiger partial charge in [0.2, 0.25) is 0 Å². The molecule has 0 spiro atoms. The Bertz CT molecular complexity index is 418. The number of nitrogens with one attached hydrogen (secondary N) is 2. The molecule has 6 nitrogen and oxygen atoms in total. The number of amides is 2. The van der Waals surface area contributed by atoms with E-state index in [0.717, 1.165) is 6.42 Å². The van der Waals surface area contributed by atoms with E-state index in [1.807, 2.05) is 6.92 Å². The van der Waals surface area contributed by atoms with Gasteiger partial charge in [0.25, 0.3) is 0 Å². The van der Waals surface area contributed by atoms with Crippen LogP contribution in [0.15, 0.2) is 29.4 Å². The molecule has 5 N–H and O–H groups in total. The zero-order chi connectivity index (χ0) is 12.7. The molecule has 0 aliphatic rings. The average Bonchev–Trinajstić information content (AvgIpc) is 2.35. The molecule has 0 saturated carbocycles. The fourth-order valence-corrected chi connectivity index (χ4v) is 1.23. The molecule has 0 bridgehead atoms. The highest BCUT2D eigenvalue weighted by molar-refractivity contribution is 5.99. The number of hydrogen-bond acceptors (Lipinski definition) is 3. The van der Waals surface area contributed by atoms with E-state index in [4.69, 9.17) is 10.9 Å². The first kappa shape index (κ1) is 12.8. The smallest absolute Gasteiger partial charge is 0.319 e. The van der Waals surface area contributed by atoms with Gasteiger partial charge in [-0.3, -0.25) is 0 Å². The van der Waals surface area contributed by atoms with Crippen LogP contribution in [-0.2, 0) is 0 Å². The molecule has 0 aromatic heterocycles. The predicted octanol–water partition coefficient (Wildman–Crippen LogP) is 1.31. The van der Waals surface area contributed by atoms with E-state index in [0.29, 0.717) is 17.8 Å². The Kier molecular flexibility index (Phi) is 4.80. The highest BCUT2D eigenvalue weighted by Crippen LogP contribution is 2.10. The number of anilines is 1. The van der Waals surface area contributed by atoms with Gasteiger partial charge in [0, 0.05) is 17.8 Å². The number of carbonyl (C=O) groups excluding carboxylic acids is 1. The lowest BCUT2D eigenvalue weighted by Crippen LogP contribution is -2.29. The van der Waals surface area contributed by atoms with Gasteiger partial charge in [-0.05, 0) is 18.6 Å². The number of carbonyl (C=O) groups is 1. The Morgan fingerprint density at radius 1 is 1.53 bits per heavy atom. The first-order valence-corrected chi connectivity index (χ1v) is 5.30. The fraction of sp³-hybridized carbons (Fsp3) is 0.273. The molecule has 1 rings (SSSR count). The van der Waals surface area contributed by atoms with Crippen molar-refractivity contribution in [1.29, 1.82) is 0 Å². The molecule has 0 heterocycles. The molecule has 0 atom stereocenters. The Labute approximate surface area is 99.5 Å². The Balaban J connectivity index is 2.69. The second-order valence-corrected chi connectivity index (χ2v) is 3.45. The van der Waals surface area contributed by atoms with Gasteiger partial charge in [-0.15, -0.1) is 0 Å². The Morgan fingerprint density at radius 2 is 2.29 bits per heavy atom. The largest absolute Gasteiger partial charge is 0.409 e. The van der Waals surface area contributed by atoms with Gasteiger partial charge in [0.05, 0.1) is 0 Å². The van der Waals surface area contributed by atoms with Gasteiger partial charge in [-0.2, -0.15) is 0 Å². The number of oxime groups is 1. The molecule has 0 unspecified atom stereocenters. The number of nitrogens with zero attached hydrogens (tertiary/aromatic N) is 1. The lowest BCUT2D eigenvalue weighted by molar-refractivity contribution is 0.252. The van der Waals surface area contributed by atoms with Crippen LogP contribution >= 0.6 is 0 Å². The number of benzene rings is 1. The van der Waals surface area contributed by atoms with Crippen molar-refractivity contribution in [3.8, 4) is 0 Å². The standard InChI is InChI=1S/C11H16N4O2/c1-2-6-13-11(16)14-9-5-3-4-8(7-9)10(12)15-17/h3-5,7,17H,2,6H2,1H3,(H2,12,15)(H2,13,14,16). The molecule has 0 aliphatic heterocycles. The summed E-state index contributed by atoms with van der Waals surface area (Å²) in [5, 5.41) is 16.8. The summed E-state index contributed by atoms with van der Waals surface area (Å²) in [4.78, 5) is 11.4. The van der Waals surface area contributed by atoms with Crippen LogP contribution in [0.25, 0.3) is 0 Å². The summed E-state index contributed by atoms with van der Waals surface area (Å²) < 4.78 is 0. The molecule has 1 aromatic rings. The number of urea groups is 1. The van der Waals surface area contributed by atoms with E-state index < -0.39 is 0 Å². The van der Waals surface area contributed by atoms with Crippen LogP contribution in [0.1, 0.15) is 18.9 Å². The zero-order valence-corrected chi connectivity index (χ0v) is 9.60.